The van der Waals surface area contributed by atoms with Gasteiger partial charge in [-0.2, -0.15) is 0 Å². The topological polar surface area (TPSA) is 48.1 Å². The summed E-state index contributed by atoms with van der Waals surface area (Å²) in [6.45, 7) is 6.90. The molecule has 0 unspecified atom stereocenters. The molecule has 0 aliphatic rings. The molecule has 0 aliphatic carbocycles. The highest BCUT2D eigenvalue weighted by Crippen LogP contribution is 2.24. The number of nitrogens with two attached hydrogens (primary N) is 1. The second kappa shape index (κ2) is 5.74. The molecule has 0 fully saturated rings. The second-order valence-electron chi connectivity index (χ2n) is 5.10. The van der Waals surface area contributed by atoms with Gasteiger partial charge in [0.05, 0.1) is 23.7 Å². The Morgan fingerprint density at radius 2 is 2.00 bits per heavy atom. The maximum absolute atomic E-state index is 5.79. The Morgan fingerprint density at radius 1 is 1.21 bits per heavy atom. The van der Waals surface area contributed by atoms with E-state index in [2.05, 4.69) is 18.8 Å². The van der Waals surface area contributed by atoms with Crippen molar-refractivity contribution in [1.29, 1.82) is 0 Å². The van der Waals surface area contributed by atoms with Gasteiger partial charge in [-0.1, -0.05) is 26.0 Å². The summed E-state index contributed by atoms with van der Waals surface area (Å²) in [7, 11) is 0. The minimum Gasteiger partial charge on any atom is -0.493 e. The van der Waals surface area contributed by atoms with Crippen molar-refractivity contribution in [3.63, 3.8) is 0 Å². The summed E-state index contributed by atoms with van der Waals surface area (Å²) in [6.07, 6.45) is 0. The number of aryl methyl sites for hydroxylation is 1. The predicted octanol–water partition coefficient (Wildman–Crippen LogP) is 3.67. The molecule has 0 spiro atoms. The van der Waals surface area contributed by atoms with E-state index in [9.17, 15) is 0 Å². The van der Waals surface area contributed by atoms with Crippen molar-refractivity contribution in [1.82, 2.24) is 4.98 Å². The molecule has 19 heavy (non-hydrogen) atoms. The monoisotopic (exact) mass is 256 g/mol. The maximum Gasteiger partial charge on any atom is 0.119 e. The highest BCUT2D eigenvalue weighted by molar-refractivity contribution is 5.63. The van der Waals surface area contributed by atoms with Crippen LogP contribution in [-0.4, -0.2) is 11.6 Å². The molecule has 100 valence electrons. The van der Waals surface area contributed by atoms with Gasteiger partial charge in [0.15, 0.2) is 0 Å². The summed E-state index contributed by atoms with van der Waals surface area (Å²) in [6, 6.07) is 11.8. The Morgan fingerprint density at radius 3 is 2.68 bits per heavy atom. The molecule has 0 saturated heterocycles. The van der Waals surface area contributed by atoms with Crippen LogP contribution >= 0.6 is 0 Å². The first-order chi connectivity index (χ1) is 9.06. The Kier molecular flexibility index (Phi) is 4.05. The summed E-state index contributed by atoms with van der Waals surface area (Å²) in [5.41, 5.74) is 9.33. The van der Waals surface area contributed by atoms with Gasteiger partial charge in [-0.3, -0.25) is 4.98 Å². The first-order valence-corrected chi connectivity index (χ1v) is 6.52. The second-order valence-corrected chi connectivity index (χ2v) is 5.10. The first kappa shape index (κ1) is 13.4. The molecule has 1 aromatic heterocycles. The summed E-state index contributed by atoms with van der Waals surface area (Å²) in [5, 5.41) is 0. The zero-order valence-corrected chi connectivity index (χ0v) is 11.7. The van der Waals surface area contributed by atoms with Crippen molar-refractivity contribution in [2.75, 3.05) is 12.3 Å². The Labute approximate surface area is 114 Å². The minimum atomic E-state index is 0.514. The van der Waals surface area contributed by atoms with Crippen molar-refractivity contribution in [3.05, 3.63) is 42.1 Å². The van der Waals surface area contributed by atoms with Crippen molar-refractivity contribution in [3.8, 4) is 17.0 Å². The van der Waals surface area contributed by atoms with Crippen LogP contribution in [0.2, 0.25) is 0 Å². The van der Waals surface area contributed by atoms with Gasteiger partial charge in [-0.05, 0) is 37.1 Å². The van der Waals surface area contributed by atoms with Crippen molar-refractivity contribution < 1.29 is 4.74 Å². The summed E-state index contributed by atoms with van der Waals surface area (Å²) in [5.74, 6) is 1.39. The van der Waals surface area contributed by atoms with Crippen LogP contribution in [0.15, 0.2) is 36.4 Å². The lowest BCUT2D eigenvalue weighted by molar-refractivity contribution is 0.271. The largest absolute Gasteiger partial charge is 0.493 e. The van der Waals surface area contributed by atoms with Crippen LogP contribution in [0.25, 0.3) is 11.3 Å². The minimum absolute atomic E-state index is 0.514. The molecule has 2 N–H and O–H groups in total. The molecule has 0 amide bonds. The van der Waals surface area contributed by atoms with E-state index in [-0.39, 0.29) is 0 Å². The number of pyridine rings is 1. The van der Waals surface area contributed by atoms with Crippen LogP contribution in [0.1, 0.15) is 19.5 Å². The van der Waals surface area contributed by atoms with E-state index in [1.165, 1.54) is 0 Å². The van der Waals surface area contributed by atoms with E-state index in [1.54, 1.807) is 0 Å². The van der Waals surface area contributed by atoms with Crippen molar-refractivity contribution >= 4 is 5.69 Å². The van der Waals surface area contributed by atoms with E-state index >= 15 is 0 Å². The van der Waals surface area contributed by atoms with E-state index in [0.29, 0.717) is 5.92 Å². The lowest BCUT2D eigenvalue weighted by atomic mass is 10.1. The number of hydrogen-bond acceptors (Lipinski definition) is 3. The van der Waals surface area contributed by atoms with Gasteiger partial charge in [-0.15, -0.1) is 0 Å². The third kappa shape index (κ3) is 3.47. The molecule has 0 bridgehead atoms. The standard InChI is InChI=1S/C16H20N2O/c1-11(2)10-19-14-6-4-5-13(9-14)16-8-7-15(17)12(3)18-16/h4-9,11H,10,17H2,1-3H3. The zero-order valence-electron chi connectivity index (χ0n) is 11.7. The summed E-state index contributed by atoms with van der Waals surface area (Å²) in [4.78, 5) is 4.50. The Bertz CT molecular complexity index is 564. The Hall–Kier alpha value is -2.03. The highest BCUT2D eigenvalue weighted by atomic mass is 16.5. The molecule has 0 radical (unpaired) electrons. The van der Waals surface area contributed by atoms with Gasteiger partial charge in [0.2, 0.25) is 0 Å². The zero-order chi connectivity index (χ0) is 13.8. The molecule has 2 aromatic rings. The third-order valence-corrected chi connectivity index (χ3v) is 2.84. The molecular weight excluding hydrogens is 236 g/mol. The number of aromatic nitrogens is 1. The number of benzene rings is 1. The lowest BCUT2D eigenvalue weighted by Crippen LogP contribution is -2.04. The summed E-state index contributed by atoms with van der Waals surface area (Å²) < 4.78 is 5.73. The van der Waals surface area contributed by atoms with Crippen LogP contribution < -0.4 is 10.5 Å². The fourth-order valence-corrected chi connectivity index (χ4v) is 1.74. The van der Waals surface area contributed by atoms with Crippen molar-refractivity contribution in [2.24, 2.45) is 5.92 Å². The van der Waals surface area contributed by atoms with Crippen LogP contribution in [0.4, 0.5) is 5.69 Å². The fraction of sp³-hybridized carbons (Fsp3) is 0.312. The van der Waals surface area contributed by atoms with Gasteiger partial charge in [-0.25, -0.2) is 0 Å². The number of ether oxygens (including phenoxy) is 1. The molecule has 0 saturated carbocycles. The van der Waals surface area contributed by atoms with Crippen molar-refractivity contribution in [2.45, 2.75) is 20.8 Å². The lowest BCUT2D eigenvalue weighted by Gasteiger charge is -2.10. The van der Waals surface area contributed by atoms with Crippen LogP contribution in [-0.2, 0) is 0 Å². The van der Waals surface area contributed by atoms with Gasteiger partial charge in [0, 0.05) is 5.56 Å². The molecule has 0 atom stereocenters. The number of nitrogens with zero attached hydrogens (tertiary/aromatic N) is 1. The number of hydrogen-bond donors (Lipinski definition) is 1. The van der Waals surface area contributed by atoms with E-state index < -0.39 is 0 Å². The van der Waals surface area contributed by atoms with E-state index in [4.69, 9.17) is 10.5 Å². The molecular formula is C16H20N2O. The average Bonchev–Trinajstić information content (AvgIpc) is 2.40. The fourth-order valence-electron chi connectivity index (χ4n) is 1.74. The van der Waals surface area contributed by atoms with Gasteiger partial charge >= 0.3 is 0 Å². The SMILES string of the molecule is Cc1nc(-c2cccc(OCC(C)C)c2)ccc1N. The summed E-state index contributed by atoms with van der Waals surface area (Å²) >= 11 is 0. The van der Waals surface area contributed by atoms with Gasteiger partial charge in [0.25, 0.3) is 0 Å². The highest BCUT2D eigenvalue weighted by Gasteiger charge is 2.04. The average molecular weight is 256 g/mol. The smallest absolute Gasteiger partial charge is 0.119 e. The van der Waals surface area contributed by atoms with Crippen LogP contribution in [0.5, 0.6) is 5.75 Å². The van der Waals surface area contributed by atoms with E-state index in [1.807, 2.05) is 43.3 Å². The predicted molar refractivity (Wildman–Crippen MR) is 79.2 cm³/mol. The normalized spacial score (nSPS) is 10.7. The molecule has 3 heteroatoms. The number of nitrogen functional groups attached to an aromatic ring is 1. The molecule has 0 aliphatic heterocycles. The molecule has 2 rings (SSSR count). The molecule has 3 nitrogen and oxygen atoms in total. The van der Waals surface area contributed by atoms with E-state index in [0.717, 1.165) is 35.0 Å². The number of anilines is 1. The Balaban J connectivity index is 2.24. The first-order valence-electron chi connectivity index (χ1n) is 6.52. The maximum atomic E-state index is 5.79. The van der Waals surface area contributed by atoms with Gasteiger partial charge in [0.1, 0.15) is 5.75 Å². The third-order valence-electron chi connectivity index (χ3n) is 2.84. The van der Waals surface area contributed by atoms with Gasteiger partial charge < -0.3 is 10.5 Å². The molecule has 1 aromatic carbocycles. The van der Waals surface area contributed by atoms with Crippen LogP contribution in [0, 0.1) is 12.8 Å². The van der Waals surface area contributed by atoms with Crippen LogP contribution in [0.3, 0.4) is 0 Å². The molecule has 1 heterocycles. The quantitative estimate of drug-likeness (QED) is 0.907. The number of rotatable bonds is 4.